The van der Waals surface area contributed by atoms with Gasteiger partial charge < -0.3 is 16.4 Å². The molecule has 92 valence electrons. The minimum absolute atomic E-state index is 0.135. The second-order valence-corrected chi connectivity index (χ2v) is 4.77. The van der Waals surface area contributed by atoms with Gasteiger partial charge in [-0.15, -0.1) is 0 Å². The van der Waals surface area contributed by atoms with Crippen LogP contribution in [-0.2, 0) is 5.54 Å². The van der Waals surface area contributed by atoms with Crippen LogP contribution >= 0.6 is 0 Å². The Bertz CT molecular complexity index is 389. The van der Waals surface area contributed by atoms with E-state index < -0.39 is 5.54 Å². The van der Waals surface area contributed by atoms with Crippen LogP contribution in [0.4, 0.5) is 4.79 Å². The van der Waals surface area contributed by atoms with E-state index in [9.17, 15) is 4.79 Å². The Morgan fingerprint density at radius 3 is 2.59 bits per heavy atom. The molecule has 1 saturated carbocycles. The molecule has 4 nitrogen and oxygen atoms in total. The van der Waals surface area contributed by atoms with Crippen LogP contribution < -0.4 is 16.4 Å². The van der Waals surface area contributed by atoms with E-state index in [1.54, 1.807) is 0 Å². The van der Waals surface area contributed by atoms with Crippen LogP contribution in [-0.4, -0.2) is 18.6 Å². The average Bonchev–Trinajstić information content (AvgIpc) is 3.13. The lowest BCUT2D eigenvalue weighted by Crippen LogP contribution is -2.52. The maximum atomic E-state index is 11.8. The number of urea groups is 1. The lowest BCUT2D eigenvalue weighted by Gasteiger charge is -2.30. The Hall–Kier alpha value is -1.55. The van der Waals surface area contributed by atoms with Gasteiger partial charge in [-0.25, -0.2) is 4.79 Å². The molecular formula is C13H19N3O. The summed E-state index contributed by atoms with van der Waals surface area (Å²) in [5.41, 5.74) is 6.30. The first-order valence-corrected chi connectivity index (χ1v) is 5.98. The number of nitrogens with one attached hydrogen (secondary N) is 2. The molecule has 1 aliphatic rings. The summed E-state index contributed by atoms with van der Waals surface area (Å²) in [6, 6.07) is 10.0. The van der Waals surface area contributed by atoms with E-state index in [0.717, 1.165) is 18.4 Å². The quantitative estimate of drug-likeness (QED) is 0.734. The number of carbonyl (C=O) groups excluding carboxylic acids is 1. The highest BCUT2D eigenvalue weighted by atomic mass is 16.2. The summed E-state index contributed by atoms with van der Waals surface area (Å²) in [5, 5.41) is 5.86. The summed E-state index contributed by atoms with van der Waals surface area (Å²) in [7, 11) is 0. The van der Waals surface area contributed by atoms with Crippen molar-refractivity contribution in [3.63, 3.8) is 0 Å². The van der Waals surface area contributed by atoms with Gasteiger partial charge >= 0.3 is 6.03 Å². The lowest BCUT2D eigenvalue weighted by atomic mass is 9.92. The van der Waals surface area contributed by atoms with Gasteiger partial charge in [0.15, 0.2) is 0 Å². The monoisotopic (exact) mass is 233 g/mol. The van der Waals surface area contributed by atoms with Gasteiger partial charge in [0.25, 0.3) is 0 Å². The highest BCUT2D eigenvalue weighted by Crippen LogP contribution is 2.21. The number of hydrogen-bond donors (Lipinski definition) is 3. The van der Waals surface area contributed by atoms with Crippen LogP contribution in [0.1, 0.15) is 25.3 Å². The SMILES string of the molecule is CC(CN)(NC(=O)NC1CC1)c1ccccc1. The molecule has 2 amide bonds. The highest BCUT2D eigenvalue weighted by molar-refractivity contribution is 5.75. The first kappa shape index (κ1) is 11.9. The molecule has 1 atom stereocenters. The van der Waals surface area contributed by atoms with Crippen molar-refractivity contribution in [2.75, 3.05) is 6.54 Å². The van der Waals surface area contributed by atoms with Crippen molar-refractivity contribution in [2.24, 2.45) is 5.73 Å². The maximum absolute atomic E-state index is 11.8. The van der Waals surface area contributed by atoms with Crippen LogP contribution in [0.15, 0.2) is 30.3 Å². The van der Waals surface area contributed by atoms with E-state index in [-0.39, 0.29) is 6.03 Å². The predicted molar refractivity (Wildman–Crippen MR) is 67.5 cm³/mol. The summed E-state index contributed by atoms with van der Waals surface area (Å²) in [6.45, 7) is 2.31. The minimum Gasteiger partial charge on any atom is -0.335 e. The molecule has 0 aromatic heterocycles. The second kappa shape index (κ2) is 4.75. The summed E-state index contributed by atoms with van der Waals surface area (Å²) >= 11 is 0. The van der Waals surface area contributed by atoms with Crippen molar-refractivity contribution in [3.8, 4) is 0 Å². The Balaban J connectivity index is 2.05. The molecule has 17 heavy (non-hydrogen) atoms. The van der Waals surface area contributed by atoms with Crippen molar-refractivity contribution in [1.29, 1.82) is 0 Å². The Morgan fingerprint density at radius 2 is 2.06 bits per heavy atom. The number of hydrogen-bond acceptors (Lipinski definition) is 2. The van der Waals surface area contributed by atoms with Gasteiger partial charge in [-0.05, 0) is 25.3 Å². The molecule has 1 aliphatic carbocycles. The topological polar surface area (TPSA) is 67.1 Å². The van der Waals surface area contributed by atoms with Gasteiger partial charge in [-0.1, -0.05) is 30.3 Å². The smallest absolute Gasteiger partial charge is 0.315 e. The zero-order chi connectivity index (χ0) is 12.3. The highest BCUT2D eigenvalue weighted by Gasteiger charge is 2.29. The normalized spacial score (nSPS) is 18.2. The summed E-state index contributed by atoms with van der Waals surface area (Å²) in [4.78, 5) is 11.8. The molecule has 0 radical (unpaired) electrons. The van der Waals surface area contributed by atoms with Gasteiger partial charge in [0.05, 0.1) is 5.54 Å². The second-order valence-electron chi connectivity index (χ2n) is 4.77. The standard InChI is InChI=1S/C13H19N3O/c1-13(9-14,10-5-3-2-4-6-10)16-12(17)15-11-7-8-11/h2-6,11H,7-9,14H2,1H3,(H2,15,16,17). The molecule has 1 unspecified atom stereocenters. The van der Waals surface area contributed by atoms with E-state index >= 15 is 0 Å². The fourth-order valence-electron chi connectivity index (χ4n) is 1.75. The third kappa shape index (κ3) is 2.97. The third-order valence-corrected chi connectivity index (χ3v) is 3.12. The number of carbonyl (C=O) groups is 1. The maximum Gasteiger partial charge on any atom is 0.315 e. The molecule has 2 rings (SSSR count). The van der Waals surface area contributed by atoms with Crippen LogP contribution in [0.2, 0.25) is 0 Å². The average molecular weight is 233 g/mol. The molecular weight excluding hydrogens is 214 g/mol. The van der Waals surface area contributed by atoms with Crippen molar-refractivity contribution < 1.29 is 4.79 Å². The zero-order valence-corrected chi connectivity index (χ0v) is 10.1. The fraction of sp³-hybridized carbons (Fsp3) is 0.462. The Morgan fingerprint density at radius 1 is 1.41 bits per heavy atom. The fourth-order valence-corrected chi connectivity index (χ4v) is 1.75. The van der Waals surface area contributed by atoms with Crippen LogP contribution in [0, 0.1) is 0 Å². The third-order valence-electron chi connectivity index (χ3n) is 3.12. The molecule has 4 N–H and O–H groups in total. The summed E-state index contributed by atoms with van der Waals surface area (Å²) in [5.74, 6) is 0. The molecule has 0 aliphatic heterocycles. The zero-order valence-electron chi connectivity index (χ0n) is 10.1. The van der Waals surface area contributed by atoms with E-state index in [0.29, 0.717) is 12.6 Å². The van der Waals surface area contributed by atoms with E-state index in [2.05, 4.69) is 10.6 Å². The van der Waals surface area contributed by atoms with Crippen molar-refractivity contribution in [1.82, 2.24) is 10.6 Å². The van der Waals surface area contributed by atoms with E-state index in [4.69, 9.17) is 5.73 Å². The van der Waals surface area contributed by atoms with Gasteiger partial charge in [0, 0.05) is 12.6 Å². The molecule has 1 aromatic carbocycles. The number of amides is 2. The van der Waals surface area contributed by atoms with Gasteiger partial charge in [0.2, 0.25) is 0 Å². The largest absolute Gasteiger partial charge is 0.335 e. The summed E-state index contributed by atoms with van der Waals surface area (Å²) in [6.07, 6.45) is 2.16. The van der Waals surface area contributed by atoms with Gasteiger partial charge in [0.1, 0.15) is 0 Å². The van der Waals surface area contributed by atoms with Crippen molar-refractivity contribution >= 4 is 6.03 Å². The minimum atomic E-state index is -0.514. The molecule has 0 heterocycles. The van der Waals surface area contributed by atoms with Crippen LogP contribution in [0.3, 0.4) is 0 Å². The van der Waals surface area contributed by atoms with Crippen LogP contribution in [0.25, 0.3) is 0 Å². The van der Waals surface area contributed by atoms with Crippen LogP contribution in [0.5, 0.6) is 0 Å². The molecule has 0 bridgehead atoms. The summed E-state index contributed by atoms with van der Waals surface area (Å²) < 4.78 is 0. The Labute approximate surface area is 102 Å². The molecule has 1 fully saturated rings. The van der Waals surface area contributed by atoms with E-state index in [1.807, 2.05) is 37.3 Å². The number of nitrogens with two attached hydrogens (primary N) is 1. The first-order chi connectivity index (χ1) is 8.14. The lowest BCUT2D eigenvalue weighted by molar-refractivity contribution is 0.227. The van der Waals surface area contributed by atoms with Gasteiger partial charge in [-0.2, -0.15) is 0 Å². The van der Waals surface area contributed by atoms with Gasteiger partial charge in [-0.3, -0.25) is 0 Å². The van der Waals surface area contributed by atoms with Crippen molar-refractivity contribution in [3.05, 3.63) is 35.9 Å². The van der Waals surface area contributed by atoms with Crippen molar-refractivity contribution in [2.45, 2.75) is 31.3 Å². The molecule has 0 spiro atoms. The molecule has 0 saturated heterocycles. The number of benzene rings is 1. The van der Waals surface area contributed by atoms with E-state index in [1.165, 1.54) is 0 Å². The number of rotatable bonds is 4. The Kier molecular flexibility index (Phi) is 3.33. The molecule has 4 heteroatoms. The molecule has 1 aromatic rings. The predicted octanol–water partition coefficient (Wildman–Crippen LogP) is 1.32. The first-order valence-electron chi connectivity index (χ1n) is 5.98.